The Balaban J connectivity index is 2.14. The minimum Gasteiger partial charge on any atom is -0.478 e. The fraction of sp³-hybridized carbons (Fsp3) is 0.448. The third kappa shape index (κ3) is 7.49. The van der Waals surface area contributed by atoms with Gasteiger partial charge in [-0.15, -0.1) is 11.8 Å². The Hall–Kier alpha value is -2.53. The topological polar surface area (TPSA) is 63.6 Å². The lowest BCUT2D eigenvalue weighted by Gasteiger charge is -2.24. The van der Waals surface area contributed by atoms with E-state index in [-0.39, 0.29) is 5.78 Å². The Kier molecular flexibility index (Phi) is 9.99. The van der Waals surface area contributed by atoms with Crippen LogP contribution in [0.15, 0.2) is 35.2 Å². The molecule has 0 saturated carbocycles. The smallest absolute Gasteiger partial charge is 0.347 e. The van der Waals surface area contributed by atoms with E-state index in [0.717, 1.165) is 33.6 Å². The van der Waals surface area contributed by atoms with E-state index in [9.17, 15) is 14.7 Å². The molecular formula is C29H38O4S. The molecule has 0 radical (unpaired) electrons. The first-order chi connectivity index (χ1) is 16.0. The first kappa shape index (κ1) is 27.7. The number of unbranched alkanes of at least 4 members (excludes halogenated alkanes) is 3. The number of carbonyl (C=O) groups is 2. The van der Waals surface area contributed by atoms with Crippen LogP contribution in [0, 0.1) is 27.7 Å². The number of ether oxygens (including phenoxy) is 1. The molecule has 0 bridgehead atoms. The highest BCUT2D eigenvalue weighted by molar-refractivity contribution is 7.99. The van der Waals surface area contributed by atoms with E-state index in [0.29, 0.717) is 11.3 Å². The second-order valence-electron chi connectivity index (χ2n) is 9.45. The first-order valence-electron chi connectivity index (χ1n) is 12.0. The lowest BCUT2D eigenvalue weighted by atomic mass is 10.0. The van der Waals surface area contributed by atoms with Crippen molar-refractivity contribution in [3.8, 4) is 5.75 Å². The Labute approximate surface area is 208 Å². The SMILES string of the molecule is CCCCCCSc1c(C)cc(C(=O)C=Cc2cc(C)c(OC(C)(C)C(=O)O)c(C)c2)cc1C. The molecule has 184 valence electrons. The van der Waals surface area contributed by atoms with Crippen LogP contribution in [-0.2, 0) is 4.79 Å². The van der Waals surface area contributed by atoms with Crippen LogP contribution in [0.1, 0.15) is 84.6 Å². The third-order valence-electron chi connectivity index (χ3n) is 5.77. The second-order valence-corrected chi connectivity index (χ2v) is 10.6. The number of aryl methyl sites for hydroxylation is 4. The predicted octanol–water partition coefficient (Wildman–Crippen LogP) is 7.73. The Morgan fingerprint density at radius 3 is 2.06 bits per heavy atom. The van der Waals surface area contributed by atoms with Gasteiger partial charge in [-0.25, -0.2) is 4.79 Å². The summed E-state index contributed by atoms with van der Waals surface area (Å²) in [6, 6.07) is 7.77. The van der Waals surface area contributed by atoms with Gasteiger partial charge in [-0.05, 0) is 112 Å². The summed E-state index contributed by atoms with van der Waals surface area (Å²) in [6.45, 7) is 13.2. The largest absolute Gasteiger partial charge is 0.478 e. The number of carboxylic acid groups (broad SMARTS) is 1. The minimum atomic E-state index is -1.32. The Bertz CT molecular complexity index is 1020. The molecule has 0 aliphatic heterocycles. The molecule has 2 aromatic rings. The molecule has 4 nitrogen and oxygen atoms in total. The van der Waals surface area contributed by atoms with Crippen molar-refractivity contribution in [3.63, 3.8) is 0 Å². The molecule has 2 aromatic carbocycles. The predicted molar refractivity (Wildman–Crippen MR) is 142 cm³/mol. The maximum absolute atomic E-state index is 12.9. The summed E-state index contributed by atoms with van der Waals surface area (Å²) in [4.78, 5) is 25.6. The van der Waals surface area contributed by atoms with E-state index in [1.165, 1.54) is 44.4 Å². The number of rotatable bonds is 12. The van der Waals surface area contributed by atoms with E-state index >= 15 is 0 Å². The average molecular weight is 483 g/mol. The minimum absolute atomic E-state index is 0.0339. The number of carboxylic acids is 1. The number of thioether (sulfide) groups is 1. The normalized spacial score (nSPS) is 11.7. The molecule has 0 aliphatic rings. The van der Waals surface area contributed by atoms with Crippen molar-refractivity contribution in [1.82, 2.24) is 0 Å². The van der Waals surface area contributed by atoms with E-state index in [1.54, 1.807) is 12.2 Å². The molecule has 0 aromatic heterocycles. The van der Waals surface area contributed by atoms with Crippen LogP contribution in [0.3, 0.4) is 0 Å². The van der Waals surface area contributed by atoms with Gasteiger partial charge >= 0.3 is 5.97 Å². The number of hydrogen-bond acceptors (Lipinski definition) is 4. The summed E-state index contributed by atoms with van der Waals surface area (Å²) >= 11 is 1.89. The summed E-state index contributed by atoms with van der Waals surface area (Å²) in [5, 5.41) is 9.35. The van der Waals surface area contributed by atoms with Crippen molar-refractivity contribution < 1.29 is 19.4 Å². The van der Waals surface area contributed by atoms with Gasteiger partial charge in [0, 0.05) is 10.5 Å². The van der Waals surface area contributed by atoms with E-state index in [4.69, 9.17) is 4.74 Å². The van der Waals surface area contributed by atoms with Crippen molar-refractivity contribution >= 4 is 29.6 Å². The van der Waals surface area contributed by atoms with Crippen molar-refractivity contribution in [2.75, 3.05) is 5.75 Å². The summed E-state index contributed by atoms with van der Waals surface area (Å²) in [6.07, 6.45) is 8.42. The zero-order valence-electron chi connectivity index (χ0n) is 21.6. The van der Waals surface area contributed by atoms with E-state index in [1.807, 2.05) is 49.9 Å². The summed E-state index contributed by atoms with van der Waals surface area (Å²) < 4.78 is 5.77. The molecule has 5 heteroatoms. The van der Waals surface area contributed by atoms with E-state index in [2.05, 4.69) is 20.8 Å². The van der Waals surface area contributed by atoms with Crippen molar-refractivity contribution in [3.05, 3.63) is 63.7 Å². The van der Waals surface area contributed by atoms with Gasteiger partial charge in [-0.2, -0.15) is 0 Å². The molecule has 0 aliphatic carbocycles. The zero-order chi connectivity index (χ0) is 25.5. The lowest BCUT2D eigenvalue weighted by Crippen LogP contribution is -2.38. The van der Waals surface area contributed by atoms with Crippen molar-refractivity contribution in [1.29, 1.82) is 0 Å². The number of aliphatic carboxylic acids is 1. The van der Waals surface area contributed by atoms with Gasteiger partial charge < -0.3 is 9.84 Å². The van der Waals surface area contributed by atoms with Crippen LogP contribution in [0.2, 0.25) is 0 Å². The highest BCUT2D eigenvalue weighted by Crippen LogP contribution is 2.30. The molecule has 0 fully saturated rings. The molecule has 0 amide bonds. The van der Waals surface area contributed by atoms with Gasteiger partial charge in [-0.1, -0.05) is 32.3 Å². The number of ketones is 1. The molecule has 0 spiro atoms. The molecule has 34 heavy (non-hydrogen) atoms. The molecule has 1 N–H and O–H groups in total. The monoisotopic (exact) mass is 482 g/mol. The maximum Gasteiger partial charge on any atom is 0.347 e. The number of allylic oxidation sites excluding steroid dienone is 1. The number of hydrogen-bond donors (Lipinski definition) is 1. The highest BCUT2D eigenvalue weighted by atomic mass is 32.2. The molecule has 2 rings (SSSR count). The van der Waals surface area contributed by atoms with Gasteiger partial charge in [0.05, 0.1) is 0 Å². The van der Waals surface area contributed by atoms with Crippen LogP contribution in [0.25, 0.3) is 6.08 Å². The molecule has 0 saturated heterocycles. The first-order valence-corrected chi connectivity index (χ1v) is 12.9. The van der Waals surface area contributed by atoms with Crippen LogP contribution in [0.5, 0.6) is 5.75 Å². The number of carbonyl (C=O) groups excluding carboxylic acids is 1. The van der Waals surface area contributed by atoms with E-state index < -0.39 is 11.6 Å². The maximum atomic E-state index is 12.9. The van der Waals surface area contributed by atoms with Crippen LogP contribution in [-0.4, -0.2) is 28.2 Å². The third-order valence-corrected chi connectivity index (χ3v) is 7.20. The average Bonchev–Trinajstić information content (AvgIpc) is 2.75. The van der Waals surface area contributed by atoms with Gasteiger partial charge in [0.1, 0.15) is 5.75 Å². The lowest BCUT2D eigenvalue weighted by molar-refractivity contribution is -0.152. The summed E-state index contributed by atoms with van der Waals surface area (Å²) in [7, 11) is 0. The zero-order valence-corrected chi connectivity index (χ0v) is 22.4. The van der Waals surface area contributed by atoms with Gasteiger partial charge in [0.15, 0.2) is 11.4 Å². The van der Waals surface area contributed by atoms with Crippen molar-refractivity contribution in [2.45, 2.75) is 84.6 Å². The second kappa shape index (κ2) is 12.3. The summed E-state index contributed by atoms with van der Waals surface area (Å²) in [5.74, 6) is 0.613. The van der Waals surface area contributed by atoms with Gasteiger partial charge in [0.2, 0.25) is 0 Å². The fourth-order valence-electron chi connectivity index (χ4n) is 3.83. The number of benzene rings is 2. The van der Waals surface area contributed by atoms with Crippen LogP contribution in [0.4, 0.5) is 0 Å². The molecular weight excluding hydrogens is 444 g/mol. The molecule has 0 unspecified atom stereocenters. The van der Waals surface area contributed by atoms with Crippen LogP contribution < -0.4 is 4.74 Å². The van der Waals surface area contributed by atoms with Gasteiger partial charge in [-0.3, -0.25) is 4.79 Å². The Morgan fingerprint density at radius 2 is 1.53 bits per heavy atom. The van der Waals surface area contributed by atoms with Crippen molar-refractivity contribution in [2.24, 2.45) is 0 Å². The molecule has 0 heterocycles. The molecule has 0 atom stereocenters. The Morgan fingerprint density at radius 1 is 0.941 bits per heavy atom. The highest BCUT2D eigenvalue weighted by Gasteiger charge is 2.30. The quantitative estimate of drug-likeness (QED) is 0.145. The standard InChI is InChI=1S/C29H38O4S/c1-8-9-10-11-14-34-27-21(4)17-24(18-22(27)5)25(30)13-12-23-15-19(2)26(20(3)16-23)33-29(6,7)28(31)32/h12-13,15-18H,8-11,14H2,1-7H3,(H,31,32). The fourth-order valence-corrected chi connectivity index (χ4v) is 4.96. The summed E-state index contributed by atoms with van der Waals surface area (Å²) in [5.41, 5.74) is 4.19. The van der Waals surface area contributed by atoms with Gasteiger partial charge in [0.25, 0.3) is 0 Å². The van der Waals surface area contributed by atoms with Crippen LogP contribution >= 0.6 is 11.8 Å².